The van der Waals surface area contributed by atoms with Gasteiger partial charge in [-0.1, -0.05) is 30.3 Å². The molecule has 45 heavy (non-hydrogen) atoms. The highest BCUT2D eigenvalue weighted by molar-refractivity contribution is 5.73. The summed E-state index contributed by atoms with van der Waals surface area (Å²) in [5, 5.41) is 23.9. The van der Waals surface area contributed by atoms with Gasteiger partial charge in [-0.25, -0.2) is 0 Å². The fourth-order valence-electron chi connectivity index (χ4n) is 4.97. The Morgan fingerprint density at radius 1 is 0.756 bits per heavy atom. The number of benzene rings is 1. The van der Waals surface area contributed by atoms with Crippen molar-refractivity contribution >= 4 is 29.8 Å². The molecule has 16 nitrogen and oxygen atoms in total. The Kier molecular flexibility index (Phi) is 13.2. The molecule has 2 heterocycles. The van der Waals surface area contributed by atoms with Crippen LogP contribution in [0.1, 0.15) is 40.2 Å². The van der Waals surface area contributed by atoms with Crippen molar-refractivity contribution in [3.05, 3.63) is 35.9 Å². The fraction of sp³-hybridized carbons (Fsp3) is 0.621. The van der Waals surface area contributed by atoms with Crippen LogP contribution in [0.15, 0.2) is 30.3 Å². The van der Waals surface area contributed by atoms with Gasteiger partial charge in [0, 0.05) is 34.6 Å². The maximum atomic E-state index is 12.3. The van der Waals surface area contributed by atoms with E-state index in [2.05, 4.69) is 5.32 Å². The minimum atomic E-state index is -1.69. The zero-order valence-electron chi connectivity index (χ0n) is 25.5. The molecule has 0 saturated carbocycles. The van der Waals surface area contributed by atoms with E-state index in [1.165, 1.54) is 6.92 Å². The number of aliphatic hydroxyl groups is 2. The van der Waals surface area contributed by atoms with Gasteiger partial charge >= 0.3 is 23.9 Å². The third kappa shape index (κ3) is 10.2. The normalized spacial score (nSPS) is 31.3. The average molecular weight is 642 g/mol. The van der Waals surface area contributed by atoms with Crippen molar-refractivity contribution in [2.45, 2.75) is 103 Å². The van der Waals surface area contributed by atoms with Gasteiger partial charge in [0.15, 0.2) is 30.9 Å². The number of carbonyl (C=O) groups is 5. The first-order valence-electron chi connectivity index (χ1n) is 14.1. The van der Waals surface area contributed by atoms with Crippen molar-refractivity contribution in [3.8, 4) is 0 Å². The monoisotopic (exact) mass is 641 g/mol. The molecule has 2 aliphatic rings. The van der Waals surface area contributed by atoms with Gasteiger partial charge in [0.25, 0.3) is 0 Å². The first-order valence-corrected chi connectivity index (χ1v) is 14.1. The minimum absolute atomic E-state index is 0.0155. The van der Waals surface area contributed by atoms with Crippen molar-refractivity contribution < 1.29 is 72.1 Å². The summed E-state index contributed by atoms with van der Waals surface area (Å²) >= 11 is 0. The topological polar surface area (TPSA) is 212 Å². The van der Waals surface area contributed by atoms with E-state index in [1.54, 1.807) is 24.3 Å². The van der Waals surface area contributed by atoms with Crippen LogP contribution in [0, 0.1) is 0 Å². The summed E-state index contributed by atoms with van der Waals surface area (Å²) in [7, 11) is 0. The minimum Gasteiger partial charge on any atom is -0.463 e. The van der Waals surface area contributed by atoms with E-state index < -0.39 is 104 Å². The average Bonchev–Trinajstić information content (AvgIpc) is 2.96. The number of hydrogen-bond acceptors (Lipinski definition) is 15. The molecule has 0 aromatic heterocycles. The molecule has 0 spiro atoms. The Labute approximate surface area is 259 Å². The number of hydrogen-bond donors (Lipinski definition) is 3. The molecule has 0 aliphatic carbocycles. The maximum absolute atomic E-state index is 12.3. The van der Waals surface area contributed by atoms with Gasteiger partial charge < -0.3 is 53.4 Å². The Balaban J connectivity index is 2.03. The van der Waals surface area contributed by atoms with Crippen LogP contribution in [-0.4, -0.2) is 115 Å². The van der Waals surface area contributed by atoms with Crippen LogP contribution < -0.4 is 5.32 Å². The standard InChI is InChI=1S/C29H39NO15/c1-14(32)30-22-25(23(37)20(11-31)43-28(22)39-12-19-9-7-6-8-10-19)45-29-27(42-18(5)36)26(41-17(4)35)24(40-16(3)34)21(44-29)13-38-15(2)33/h6-10,20-29,31,37H,11-13H2,1-5H3,(H,30,32)/t20-,21+,22-,23+,24-,25+,26-,27-,28-,29-/m0/s1. The highest BCUT2D eigenvalue weighted by Crippen LogP contribution is 2.34. The quantitative estimate of drug-likeness (QED) is 0.189. The molecule has 1 amide bonds. The second kappa shape index (κ2) is 16.6. The van der Waals surface area contributed by atoms with Crippen LogP contribution in [0.2, 0.25) is 0 Å². The van der Waals surface area contributed by atoms with Crippen molar-refractivity contribution in [2.24, 2.45) is 0 Å². The molecule has 0 bridgehead atoms. The zero-order valence-corrected chi connectivity index (χ0v) is 25.5. The lowest BCUT2D eigenvalue weighted by atomic mass is 9.95. The van der Waals surface area contributed by atoms with Crippen LogP contribution >= 0.6 is 0 Å². The fourth-order valence-corrected chi connectivity index (χ4v) is 4.97. The Morgan fingerprint density at radius 2 is 1.33 bits per heavy atom. The Bertz CT molecular complexity index is 1180. The summed E-state index contributed by atoms with van der Waals surface area (Å²) in [5.74, 6) is -3.79. The van der Waals surface area contributed by atoms with E-state index >= 15 is 0 Å². The summed E-state index contributed by atoms with van der Waals surface area (Å²) in [6.45, 7) is 4.38. The molecule has 3 N–H and O–H groups in total. The Hall–Kier alpha value is -3.67. The van der Waals surface area contributed by atoms with Gasteiger partial charge in [0.2, 0.25) is 5.91 Å². The second-order valence-corrected chi connectivity index (χ2v) is 10.4. The molecule has 250 valence electrons. The van der Waals surface area contributed by atoms with E-state index in [-0.39, 0.29) is 6.61 Å². The highest BCUT2D eigenvalue weighted by Gasteiger charge is 2.56. The smallest absolute Gasteiger partial charge is 0.303 e. The SMILES string of the molecule is CC(=O)N[C@@H]1[C@@H](OCc2ccccc2)O[C@@H](CO)[C@@H](O)[C@@H]1O[C@@H]1O[C@H](COC(C)=O)[C@H](OC(C)=O)[C@H](OC(C)=O)[C@@H]1OC(C)=O. The van der Waals surface area contributed by atoms with Gasteiger partial charge in [-0.2, -0.15) is 0 Å². The number of amides is 1. The summed E-state index contributed by atoms with van der Waals surface area (Å²) < 4.78 is 45.2. The van der Waals surface area contributed by atoms with E-state index in [1.807, 2.05) is 6.07 Å². The predicted octanol–water partition coefficient (Wildman–Crippen LogP) is -0.746. The first kappa shape index (κ1) is 35.8. The molecule has 2 aliphatic heterocycles. The second-order valence-electron chi connectivity index (χ2n) is 10.4. The lowest BCUT2D eigenvalue weighted by molar-refractivity contribution is -0.347. The summed E-state index contributed by atoms with van der Waals surface area (Å²) in [5.41, 5.74) is 0.756. The number of nitrogens with one attached hydrogen (secondary N) is 1. The molecule has 2 saturated heterocycles. The molecule has 1 aromatic carbocycles. The molecular weight excluding hydrogens is 602 g/mol. The number of esters is 4. The van der Waals surface area contributed by atoms with Gasteiger partial charge in [-0.05, 0) is 5.56 Å². The van der Waals surface area contributed by atoms with Crippen LogP contribution in [0.5, 0.6) is 0 Å². The third-order valence-electron chi connectivity index (χ3n) is 6.72. The molecular formula is C29H39NO15. The van der Waals surface area contributed by atoms with Gasteiger partial charge in [-0.15, -0.1) is 0 Å². The maximum Gasteiger partial charge on any atom is 0.303 e. The summed E-state index contributed by atoms with van der Waals surface area (Å²) in [4.78, 5) is 60.3. The van der Waals surface area contributed by atoms with Crippen molar-refractivity contribution in [3.63, 3.8) is 0 Å². The van der Waals surface area contributed by atoms with Crippen LogP contribution in [0.3, 0.4) is 0 Å². The van der Waals surface area contributed by atoms with E-state index in [9.17, 15) is 34.2 Å². The van der Waals surface area contributed by atoms with Crippen LogP contribution in [0.4, 0.5) is 0 Å². The predicted molar refractivity (Wildman–Crippen MR) is 147 cm³/mol. The lowest BCUT2D eigenvalue weighted by Crippen LogP contribution is -2.68. The molecule has 0 unspecified atom stereocenters. The Morgan fingerprint density at radius 3 is 1.89 bits per heavy atom. The van der Waals surface area contributed by atoms with Gasteiger partial charge in [0.1, 0.15) is 37.1 Å². The summed E-state index contributed by atoms with van der Waals surface area (Å²) in [6.07, 6.45) is -13.2. The van der Waals surface area contributed by atoms with Crippen LogP contribution in [0.25, 0.3) is 0 Å². The van der Waals surface area contributed by atoms with E-state index in [4.69, 9.17) is 37.9 Å². The van der Waals surface area contributed by atoms with Gasteiger partial charge in [-0.3, -0.25) is 24.0 Å². The number of ether oxygens (including phenoxy) is 8. The van der Waals surface area contributed by atoms with E-state index in [0.29, 0.717) is 0 Å². The highest BCUT2D eigenvalue weighted by atomic mass is 16.7. The largest absolute Gasteiger partial charge is 0.463 e. The summed E-state index contributed by atoms with van der Waals surface area (Å²) in [6, 6.07) is 7.76. The van der Waals surface area contributed by atoms with Gasteiger partial charge in [0.05, 0.1) is 13.2 Å². The molecule has 16 heteroatoms. The number of carbonyl (C=O) groups excluding carboxylic acids is 5. The first-order chi connectivity index (χ1) is 21.3. The molecule has 0 radical (unpaired) electrons. The molecule has 10 atom stereocenters. The number of aliphatic hydroxyl groups excluding tert-OH is 2. The van der Waals surface area contributed by atoms with Crippen LogP contribution in [-0.2, 0) is 68.5 Å². The molecule has 1 aromatic rings. The molecule has 3 rings (SSSR count). The van der Waals surface area contributed by atoms with E-state index in [0.717, 1.165) is 33.3 Å². The number of rotatable bonds is 12. The van der Waals surface area contributed by atoms with Crippen molar-refractivity contribution in [1.29, 1.82) is 0 Å². The lowest BCUT2D eigenvalue weighted by Gasteiger charge is -2.48. The zero-order chi connectivity index (χ0) is 33.3. The third-order valence-corrected chi connectivity index (χ3v) is 6.72. The van der Waals surface area contributed by atoms with Crippen molar-refractivity contribution in [2.75, 3.05) is 13.2 Å². The van der Waals surface area contributed by atoms with Crippen molar-refractivity contribution in [1.82, 2.24) is 5.32 Å². The molecule has 2 fully saturated rings.